The van der Waals surface area contributed by atoms with Crippen LogP contribution in [0, 0.1) is 0 Å². The predicted molar refractivity (Wildman–Crippen MR) is 145 cm³/mol. The number of methoxy groups -OCH3 is 1. The van der Waals surface area contributed by atoms with Crippen LogP contribution in [0.1, 0.15) is 61.8 Å². The summed E-state index contributed by atoms with van der Waals surface area (Å²) in [7, 11) is 1.65. The number of ether oxygens (including phenoxy) is 2. The highest BCUT2D eigenvalue weighted by atomic mass is 16.5. The van der Waals surface area contributed by atoms with Crippen molar-refractivity contribution >= 4 is 17.2 Å². The van der Waals surface area contributed by atoms with Crippen LogP contribution in [0.15, 0.2) is 78.0 Å². The molecule has 0 spiro atoms. The Morgan fingerprint density at radius 2 is 1.69 bits per heavy atom. The smallest absolute Gasteiger partial charge is 0.166 e. The van der Waals surface area contributed by atoms with E-state index in [1.165, 1.54) is 11.1 Å². The molecule has 0 fully saturated rings. The van der Waals surface area contributed by atoms with E-state index in [9.17, 15) is 4.79 Å². The molecule has 5 nitrogen and oxygen atoms in total. The van der Waals surface area contributed by atoms with Crippen molar-refractivity contribution in [1.82, 2.24) is 0 Å². The number of anilines is 2. The lowest BCUT2D eigenvalue weighted by atomic mass is 9.78. The second-order valence-corrected chi connectivity index (χ2v) is 9.49. The van der Waals surface area contributed by atoms with Gasteiger partial charge < -0.3 is 20.1 Å². The van der Waals surface area contributed by atoms with Crippen molar-refractivity contribution in [3.8, 4) is 11.5 Å². The Labute approximate surface area is 213 Å². The van der Waals surface area contributed by atoms with Crippen molar-refractivity contribution in [3.05, 3.63) is 94.7 Å². The van der Waals surface area contributed by atoms with Gasteiger partial charge in [-0.3, -0.25) is 4.79 Å². The minimum absolute atomic E-state index is 0.140. The second kappa shape index (κ2) is 10.5. The van der Waals surface area contributed by atoms with Gasteiger partial charge in [-0.25, -0.2) is 0 Å². The van der Waals surface area contributed by atoms with E-state index in [-0.39, 0.29) is 17.7 Å². The number of allylic oxidation sites excluding steroid dienone is 1. The fraction of sp³-hybridized carbons (Fsp3) is 0.323. The van der Waals surface area contributed by atoms with Gasteiger partial charge in [0.1, 0.15) is 0 Å². The number of fused-ring (bicyclic) bond motifs is 1. The molecule has 1 aliphatic carbocycles. The number of aryl methyl sites for hydroxylation is 1. The lowest BCUT2D eigenvalue weighted by Crippen LogP contribution is -2.27. The molecule has 0 radical (unpaired) electrons. The SMILES string of the molecule is CCCOc1c(OC)cccc1C1Nc2ccccc2NC2=C1C(=O)CC(c1ccc(CC)cc1)C2. The summed E-state index contributed by atoms with van der Waals surface area (Å²) in [6, 6.07) is 22.4. The lowest BCUT2D eigenvalue weighted by molar-refractivity contribution is -0.116. The molecule has 0 aromatic heterocycles. The van der Waals surface area contributed by atoms with Crippen LogP contribution in [0.2, 0.25) is 0 Å². The minimum atomic E-state index is -0.353. The Morgan fingerprint density at radius 3 is 2.42 bits per heavy atom. The molecule has 5 rings (SSSR count). The number of carbonyl (C=O) groups is 1. The van der Waals surface area contributed by atoms with Crippen molar-refractivity contribution < 1.29 is 14.3 Å². The first-order chi connectivity index (χ1) is 17.6. The van der Waals surface area contributed by atoms with Crippen molar-refractivity contribution in [2.24, 2.45) is 0 Å². The lowest BCUT2D eigenvalue weighted by Gasteiger charge is -2.31. The normalized spacial score (nSPS) is 18.9. The molecule has 36 heavy (non-hydrogen) atoms. The van der Waals surface area contributed by atoms with Crippen LogP contribution in [0.5, 0.6) is 11.5 Å². The Bertz CT molecular complexity index is 1280. The zero-order valence-electron chi connectivity index (χ0n) is 21.3. The van der Waals surface area contributed by atoms with Gasteiger partial charge in [0.15, 0.2) is 17.3 Å². The molecule has 1 aliphatic heterocycles. The summed E-state index contributed by atoms with van der Waals surface area (Å²) in [5.74, 6) is 1.66. The van der Waals surface area contributed by atoms with Crippen molar-refractivity contribution in [2.75, 3.05) is 24.4 Å². The largest absolute Gasteiger partial charge is 0.493 e. The highest BCUT2D eigenvalue weighted by Crippen LogP contribution is 2.47. The first-order valence-corrected chi connectivity index (χ1v) is 12.9. The Hall–Kier alpha value is -3.73. The molecule has 1 heterocycles. The van der Waals surface area contributed by atoms with Crippen LogP contribution in [0.3, 0.4) is 0 Å². The summed E-state index contributed by atoms with van der Waals surface area (Å²) >= 11 is 0. The van der Waals surface area contributed by atoms with Crippen LogP contribution in [-0.4, -0.2) is 19.5 Å². The maximum Gasteiger partial charge on any atom is 0.166 e. The second-order valence-electron chi connectivity index (χ2n) is 9.49. The van der Waals surface area contributed by atoms with Gasteiger partial charge in [0, 0.05) is 23.3 Å². The maximum atomic E-state index is 13.9. The molecule has 2 aliphatic rings. The molecule has 186 valence electrons. The first kappa shape index (κ1) is 24.0. The predicted octanol–water partition coefficient (Wildman–Crippen LogP) is 7.03. The number of nitrogens with one attached hydrogen (secondary N) is 2. The maximum absolute atomic E-state index is 13.9. The third kappa shape index (κ3) is 4.58. The number of hydrogen-bond donors (Lipinski definition) is 2. The fourth-order valence-corrected chi connectivity index (χ4v) is 5.27. The van der Waals surface area contributed by atoms with E-state index in [2.05, 4.69) is 54.8 Å². The summed E-state index contributed by atoms with van der Waals surface area (Å²) in [5.41, 5.74) is 7.12. The summed E-state index contributed by atoms with van der Waals surface area (Å²) in [6.45, 7) is 4.82. The van der Waals surface area contributed by atoms with Crippen LogP contribution in [0.25, 0.3) is 0 Å². The molecule has 3 aromatic rings. The third-order valence-electron chi connectivity index (χ3n) is 7.16. The van der Waals surface area contributed by atoms with Crippen LogP contribution in [-0.2, 0) is 11.2 Å². The molecule has 5 heteroatoms. The Balaban J connectivity index is 1.61. The average molecular weight is 483 g/mol. The van der Waals surface area contributed by atoms with Gasteiger partial charge in [0.05, 0.1) is 31.1 Å². The topological polar surface area (TPSA) is 59.6 Å². The number of ketones is 1. The van der Waals surface area contributed by atoms with E-state index < -0.39 is 0 Å². The third-order valence-corrected chi connectivity index (χ3v) is 7.16. The quantitative estimate of drug-likeness (QED) is 0.379. The zero-order valence-corrected chi connectivity index (χ0v) is 21.3. The highest BCUT2D eigenvalue weighted by molar-refractivity contribution is 6.01. The Kier molecular flexibility index (Phi) is 6.99. The zero-order chi connectivity index (χ0) is 25.1. The van der Waals surface area contributed by atoms with Gasteiger partial charge in [-0.1, -0.05) is 62.4 Å². The molecule has 0 saturated carbocycles. The summed E-state index contributed by atoms with van der Waals surface area (Å²) in [6.07, 6.45) is 3.14. The van der Waals surface area contributed by atoms with Crippen molar-refractivity contribution in [2.45, 2.75) is 51.5 Å². The van der Waals surface area contributed by atoms with Gasteiger partial charge in [-0.15, -0.1) is 0 Å². The van der Waals surface area contributed by atoms with E-state index in [0.29, 0.717) is 24.5 Å². The van der Waals surface area contributed by atoms with E-state index >= 15 is 0 Å². The van der Waals surface area contributed by atoms with Crippen LogP contribution in [0.4, 0.5) is 11.4 Å². The number of carbonyl (C=O) groups excluding carboxylic acids is 1. The molecule has 0 amide bonds. The number of hydrogen-bond acceptors (Lipinski definition) is 5. The van der Waals surface area contributed by atoms with Crippen molar-refractivity contribution in [3.63, 3.8) is 0 Å². The van der Waals surface area contributed by atoms with Gasteiger partial charge in [0.25, 0.3) is 0 Å². The van der Waals surface area contributed by atoms with Crippen molar-refractivity contribution in [1.29, 1.82) is 0 Å². The van der Waals surface area contributed by atoms with Gasteiger partial charge in [-0.2, -0.15) is 0 Å². The van der Waals surface area contributed by atoms with E-state index in [0.717, 1.165) is 47.5 Å². The molecular formula is C31H34N2O3. The first-order valence-electron chi connectivity index (χ1n) is 12.9. The number of Topliss-reactive ketones (excluding diaryl/α,β-unsaturated/α-hetero) is 1. The molecule has 2 N–H and O–H groups in total. The van der Waals surface area contributed by atoms with E-state index in [1.807, 2.05) is 36.4 Å². The van der Waals surface area contributed by atoms with Gasteiger partial charge >= 0.3 is 0 Å². The number of benzene rings is 3. The highest BCUT2D eigenvalue weighted by Gasteiger charge is 2.37. The summed E-state index contributed by atoms with van der Waals surface area (Å²) < 4.78 is 11.9. The van der Waals surface area contributed by atoms with Gasteiger partial charge in [0.2, 0.25) is 0 Å². The molecule has 2 unspecified atom stereocenters. The molecule has 0 saturated heterocycles. The minimum Gasteiger partial charge on any atom is -0.493 e. The van der Waals surface area contributed by atoms with Gasteiger partial charge in [-0.05, 0) is 54.5 Å². The van der Waals surface area contributed by atoms with Crippen LogP contribution < -0.4 is 20.1 Å². The summed E-state index contributed by atoms with van der Waals surface area (Å²) in [4.78, 5) is 13.9. The molecular weight excluding hydrogens is 448 g/mol. The van der Waals surface area contributed by atoms with E-state index in [4.69, 9.17) is 9.47 Å². The van der Waals surface area contributed by atoms with E-state index in [1.54, 1.807) is 7.11 Å². The standard InChI is InChI=1S/C31H34N2O3/c1-4-17-36-31-23(9-8-12-28(31)35-3)30-29-26(32-24-10-6-7-11-25(24)33-30)18-22(19-27(29)34)21-15-13-20(5-2)14-16-21/h6-16,22,30,32-33H,4-5,17-19H2,1-3H3. The Morgan fingerprint density at radius 1 is 0.917 bits per heavy atom. The molecule has 2 atom stereocenters. The molecule has 3 aromatic carbocycles. The van der Waals surface area contributed by atoms with Crippen LogP contribution >= 0.6 is 0 Å². The monoisotopic (exact) mass is 482 g/mol. The average Bonchev–Trinajstić information content (AvgIpc) is 3.08. The fourth-order valence-electron chi connectivity index (χ4n) is 5.27. The number of para-hydroxylation sites is 3. The number of rotatable bonds is 7. The molecule has 0 bridgehead atoms. The summed E-state index contributed by atoms with van der Waals surface area (Å²) in [5, 5.41) is 7.30.